The van der Waals surface area contributed by atoms with Gasteiger partial charge in [0.2, 0.25) is 0 Å². The van der Waals surface area contributed by atoms with Crippen LogP contribution in [0, 0.1) is 13.8 Å². The standard InChI is InChI=1S/C28H22O6S2.2Na/c1-17-15-24(20-11-7-4-8-12-20)25-22-14-13-21(19-9-5-3-6-10-19)16-23(22)18(2)28(36(32,33)34)26(25)27(17)35(29,30)31;;/h3-16H,1-2H3,(H,29,30,31)(H,32,33,34);;/q;2*+1/p-2. The van der Waals surface area contributed by atoms with E-state index in [1.165, 1.54) is 13.8 Å². The van der Waals surface area contributed by atoms with E-state index in [0.29, 0.717) is 21.9 Å². The molecule has 0 amide bonds. The number of aryl methyl sites for hydroxylation is 2. The molecule has 5 rings (SSSR count). The average molecular weight is 563 g/mol. The number of hydrogen-bond acceptors (Lipinski definition) is 6. The van der Waals surface area contributed by atoms with Gasteiger partial charge >= 0.3 is 59.1 Å². The van der Waals surface area contributed by atoms with Crippen LogP contribution in [-0.2, 0) is 20.2 Å². The van der Waals surface area contributed by atoms with Crippen molar-refractivity contribution in [1.29, 1.82) is 0 Å². The first kappa shape index (κ1) is 31.0. The van der Waals surface area contributed by atoms with E-state index in [9.17, 15) is 25.9 Å². The third-order valence-electron chi connectivity index (χ3n) is 6.42. The second-order valence-corrected chi connectivity index (χ2v) is 11.3. The maximum Gasteiger partial charge on any atom is 1.00 e. The molecule has 0 atom stereocenters. The quantitative estimate of drug-likeness (QED) is 0.170. The molecule has 0 aromatic heterocycles. The summed E-state index contributed by atoms with van der Waals surface area (Å²) in [6.07, 6.45) is 0. The van der Waals surface area contributed by atoms with Gasteiger partial charge in [0.05, 0.1) is 9.79 Å². The van der Waals surface area contributed by atoms with Crippen molar-refractivity contribution in [1.82, 2.24) is 0 Å². The molecule has 0 bridgehead atoms. The minimum atomic E-state index is -5.18. The molecule has 182 valence electrons. The summed E-state index contributed by atoms with van der Waals surface area (Å²) in [4.78, 5) is -1.38. The fourth-order valence-corrected chi connectivity index (χ4v) is 6.88. The van der Waals surface area contributed by atoms with Gasteiger partial charge in [-0.1, -0.05) is 72.8 Å². The average Bonchev–Trinajstić information content (AvgIpc) is 2.83. The Morgan fingerprint density at radius 3 is 1.61 bits per heavy atom. The third kappa shape index (κ3) is 5.53. The van der Waals surface area contributed by atoms with Crippen molar-refractivity contribution >= 4 is 41.8 Å². The first-order valence-electron chi connectivity index (χ1n) is 11.0. The van der Waals surface area contributed by atoms with Gasteiger partial charge in [0.25, 0.3) is 0 Å². The van der Waals surface area contributed by atoms with Crippen LogP contribution in [0.15, 0.2) is 94.7 Å². The molecular weight excluding hydrogens is 542 g/mol. The van der Waals surface area contributed by atoms with Gasteiger partial charge in [-0.3, -0.25) is 0 Å². The Morgan fingerprint density at radius 2 is 1.08 bits per heavy atom. The summed E-state index contributed by atoms with van der Waals surface area (Å²) in [5.74, 6) is 0. The van der Waals surface area contributed by atoms with Crippen LogP contribution in [0.2, 0.25) is 0 Å². The zero-order valence-electron chi connectivity index (χ0n) is 21.3. The fraction of sp³-hybridized carbons (Fsp3) is 0.0714. The molecule has 0 saturated carbocycles. The van der Waals surface area contributed by atoms with Crippen molar-refractivity contribution < 1.29 is 85.1 Å². The molecule has 0 saturated heterocycles. The van der Waals surface area contributed by atoms with E-state index in [2.05, 4.69) is 0 Å². The predicted molar refractivity (Wildman–Crippen MR) is 138 cm³/mol. The van der Waals surface area contributed by atoms with Crippen molar-refractivity contribution in [2.75, 3.05) is 0 Å². The summed E-state index contributed by atoms with van der Waals surface area (Å²) in [6, 6.07) is 25.4. The molecule has 0 heterocycles. The summed E-state index contributed by atoms with van der Waals surface area (Å²) in [7, 11) is -10.3. The SMILES string of the molecule is Cc1cc(-c2ccccc2)c2c(c1S(=O)(=O)[O-])c(S(=O)(=O)[O-])c(C)c1cc(-c3ccccc3)ccc12.[Na+].[Na+]. The van der Waals surface area contributed by atoms with E-state index in [1.54, 1.807) is 42.5 Å². The van der Waals surface area contributed by atoms with Gasteiger partial charge in [0.1, 0.15) is 20.2 Å². The summed E-state index contributed by atoms with van der Waals surface area (Å²) in [5.41, 5.74) is 3.07. The number of hydrogen-bond donors (Lipinski definition) is 0. The van der Waals surface area contributed by atoms with Gasteiger partial charge in [-0.25, -0.2) is 16.8 Å². The van der Waals surface area contributed by atoms with Crippen molar-refractivity contribution in [3.05, 3.63) is 96.1 Å². The molecule has 0 fully saturated rings. The van der Waals surface area contributed by atoms with Crippen LogP contribution in [0.25, 0.3) is 43.8 Å². The molecule has 5 aromatic carbocycles. The van der Waals surface area contributed by atoms with Gasteiger partial charge in [-0.05, 0) is 75.5 Å². The van der Waals surface area contributed by atoms with Crippen LogP contribution in [0.4, 0.5) is 0 Å². The molecule has 38 heavy (non-hydrogen) atoms. The maximum absolute atomic E-state index is 12.7. The van der Waals surface area contributed by atoms with Gasteiger partial charge in [-0.15, -0.1) is 0 Å². The summed E-state index contributed by atoms with van der Waals surface area (Å²) < 4.78 is 75.2. The minimum absolute atomic E-state index is 0. The Hall–Kier alpha value is -1.56. The Labute approximate surface area is 266 Å². The van der Waals surface area contributed by atoms with Crippen LogP contribution in [0.5, 0.6) is 0 Å². The first-order chi connectivity index (χ1) is 17.0. The van der Waals surface area contributed by atoms with Crippen molar-refractivity contribution in [3.8, 4) is 22.3 Å². The molecule has 0 aliphatic rings. The summed E-state index contributed by atoms with van der Waals surface area (Å²) in [5, 5.41) is 0.902. The number of benzene rings is 5. The van der Waals surface area contributed by atoms with E-state index in [0.717, 1.165) is 11.1 Å². The van der Waals surface area contributed by atoms with Crippen molar-refractivity contribution in [2.45, 2.75) is 23.6 Å². The molecular formula is C28H20Na2O6S2. The Bertz CT molecular complexity index is 1890. The summed E-state index contributed by atoms with van der Waals surface area (Å²) >= 11 is 0. The van der Waals surface area contributed by atoms with Gasteiger partial charge < -0.3 is 9.11 Å². The molecule has 6 nitrogen and oxygen atoms in total. The molecule has 0 spiro atoms. The Kier molecular flexibility index (Phi) is 9.38. The molecule has 0 unspecified atom stereocenters. The largest absolute Gasteiger partial charge is 1.00 e. The van der Waals surface area contributed by atoms with Crippen LogP contribution >= 0.6 is 0 Å². The maximum atomic E-state index is 12.7. The zero-order valence-corrected chi connectivity index (χ0v) is 27.0. The molecule has 5 aromatic rings. The van der Waals surface area contributed by atoms with Crippen LogP contribution in [0.1, 0.15) is 11.1 Å². The topological polar surface area (TPSA) is 114 Å². The van der Waals surface area contributed by atoms with Crippen LogP contribution in [-0.4, -0.2) is 25.9 Å². The zero-order chi connectivity index (χ0) is 25.8. The predicted octanol–water partition coefficient (Wildman–Crippen LogP) is -0.240. The Balaban J connectivity index is 0.00000200. The Morgan fingerprint density at radius 1 is 0.553 bits per heavy atom. The molecule has 0 aliphatic heterocycles. The first-order valence-corrected chi connectivity index (χ1v) is 13.9. The van der Waals surface area contributed by atoms with E-state index in [-0.39, 0.29) is 81.0 Å². The molecule has 0 aliphatic carbocycles. The molecule has 0 N–H and O–H groups in total. The molecule has 0 radical (unpaired) electrons. The van der Waals surface area contributed by atoms with E-state index < -0.39 is 30.0 Å². The van der Waals surface area contributed by atoms with Gasteiger partial charge in [0.15, 0.2) is 0 Å². The van der Waals surface area contributed by atoms with Gasteiger partial charge in [0, 0.05) is 5.39 Å². The molecule has 10 heteroatoms. The van der Waals surface area contributed by atoms with Gasteiger partial charge in [-0.2, -0.15) is 0 Å². The number of rotatable bonds is 4. The van der Waals surface area contributed by atoms with Crippen LogP contribution in [0.3, 0.4) is 0 Å². The van der Waals surface area contributed by atoms with E-state index in [1.807, 2.05) is 42.5 Å². The summed E-state index contributed by atoms with van der Waals surface area (Å²) in [6.45, 7) is 2.89. The second kappa shape index (κ2) is 11.5. The van der Waals surface area contributed by atoms with Crippen molar-refractivity contribution in [2.24, 2.45) is 0 Å². The van der Waals surface area contributed by atoms with Crippen molar-refractivity contribution in [3.63, 3.8) is 0 Å². The normalized spacial score (nSPS) is 11.7. The van der Waals surface area contributed by atoms with E-state index >= 15 is 0 Å². The monoisotopic (exact) mass is 562 g/mol. The number of fused-ring (bicyclic) bond motifs is 3. The fourth-order valence-electron chi connectivity index (χ4n) is 4.97. The van der Waals surface area contributed by atoms with E-state index in [4.69, 9.17) is 0 Å². The van der Waals surface area contributed by atoms with Crippen LogP contribution < -0.4 is 59.1 Å². The second-order valence-electron chi connectivity index (χ2n) is 8.67. The minimum Gasteiger partial charge on any atom is -0.744 e. The third-order valence-corrected chi connectivity index (χ3v) is 8.45. The smallest absolute Gasteiger partial charge is 0.744 e.